The number of anilines is 1. The van der Waals surface area contributed by atoms with Crippen LogP contribution in [-0.4, -0.2) is 42.7 Å². The van der Waals surface area contributed by atoms with Gasteiger partial charge in [0, 0.05) is 10.4 Å². The Kier molecular flexibility index (Phi) is 4.84. The van der Waals surface area contributed by atoms with Crippen LogP contribution in [0.4, 0.5) is 10.5 Å². The van der Waals surface area contributed by atoms with Crippen molar-refractivity contribution in [2.24, 2.45) is 5.92 Å². The summed E-state index contributed by atoms with van der Waals surface area (Å²) in [5.41, 5.74) is 0.687. The highest BCUT2D eigenvalue weighted by molar-refractivity contribution is 9.10. The molecule has 0 bridgehead atoms. The molecule has 0 aliphatic carbocycles. The van der Waals surface area contributed by atoms with Crippen molar-refractivity contribution in [3.05, 3.63) is 28.7 Å². The van der Waals surface area contributed by atoms with E-state index in [2.05, 4.69) is 21.2 Å². The molecule has 1 aliphatic rings. The van der Waals surface area contributed by atoms with Gasteiger partial charge in [-0.1, -0.05) is 12.1 Å². The largest absolute Gasteiger partial charge is 0.449 e. The molecular formula is C12H16BBrN2O3. The maximum atomic E-state index is 11.6. The second-order valence-corrected chi connectivity index (χ2v) is 5.51. The topological polar surface area (TPSA) is 61.8 Å². The van der Waals surface area contributed by atoms with Crippen molar-refractivity contribution in [2.75, 3.05) is 25.0 Å². The van der Waals surface area contributed by atoms with Crippen LogP contribution in [0.1, 0.15) is 0 Å². The first-order valence-electron chi connectivity index (χ1n) is 6.16. The maximum absolute atomic E-state index is 11.6. The van der Waals surface area contributed by atoms with Crippen molar-refractivity contribution >= 4 is 34.8 Å². The van der Waals surface area contributed by atoms with Crippen LogP contribution in [0.25, 0.3) is 0 Å². The van der Waals surface area contributed by atoms with E-state index >= 15 is 0 Å². The number of halogens is 1. The molecule has 1 saturated heterocycles. The second kappa shape index (κ2) is 6.41. The van der Waals surface area contributed by atoms with Crippen LogP contribution < -0.4 is 5.32 Å². The predicted molar refractivity (Wildman–Crippen MR) is 78.0 cm³/mol. The lowest BCUT2D eigenvalue weighted by atomic mass is 9.78. The zero-order valence-electron chi connectivity index (χ0n) is 10.7. The highest BCUT2D eigenvalue weighted by Crippen LogP contribution is 2.21. The summed E-state index contributed by atoms with van der Waals surface area (Å²) in [6.45, 7) is 3.64. The molecule has 1 heterocycles. The number of hydrogen-bond donors (Lipinski definition) is 2. The van der Waals surface area contributed by atoms with Gasteiger partial charge in [0.2, 0.25) is 0 Å². The molecule has 1 aliphatic heterocycles. The van der Waals surface area contributed by atoms with E-state index in [0.29, 0.717) is 18.2 Å². The monoisotopic (exact) mass is 326 g/mol. The summed E-state index contributed by atoms with van der Waals surface area (Å²) in [5, 5.41) is 12.0. The van der Waals surface area contributed by atoms with E-state index in [9.17, 15) is 9.82 Å². The van der Waals surface area contributed by atoms with Crippen LogP contribution in [0.5, 0.6) is 0 Å². The van der Waals surface area contributed by atoms with E-state index in [1.165, 1.54) is 0 Å². The lowest BCUT2D eigenvalue weighted by Crippen LogP contribution is -2.55. The molecule has 0 aromatic heterocycles. The first-order valence-corrected chi connectivity index (χ1v) is 6.96. The molecule has 5 nitrogen and oxygen atoms in total. The third kappa shape index (κ3) is 3.96. The third-order valence-electron chi connectivity index (χ3n) is 3.07. The van der Waals surface area contributed by atoms with E-state index in [4.69, 9.17) is 4.74 Å². The minimum atomic E-state index is -0.456. The van der Waals surface area contributed by atoms with Gasteiger partial charge in [-0.3, -0.25) is 5.32 Å². The van der Waals surface area contributed by atoms with Gasteiger partial charge < -0.3 is 14.6 Å². The smallest absolute Gasteiger partial charge is 0.411 e. The van der Waals surface area contributed by atoms with Crippen molar-refractivity contribution < 1.29 is 14.6 Å². The number of nitrogens with one attached hydrogen (secondary N) is 1. The van der Waals surface area contributed by atoms with Crippen LogP contribution in [0.15, 0.2) is 28.7 Å². The highest BCUT2D eigenvalue weighted by atomic mass is 79.9. The van der Waals surface area contributed by atoms with Gasteiger partial charge in [-0.25, -0.2) is 4.79 Å². The molecule has 1 amide bonds. The molecule has 0 saturated carbocycles. The van der Waals surface area contributed by atoms with Crippen molar-refractivity contribution in [3.63, 3.8) is 0 Å². The van der Waals surface area contributed by atoms with Crippen LogP contribution in [0.2, 0.25) is 6.82 Å². The van der Waals surface area contributed by atoms with Gasteiger partial charge in [0.05, 0.1) is 12.3 Å². The SMILES string of the molecule is CB(O)N1CC(COC(=O)Nc2ccccc2Br)C1. The average molecular weight is 327 g/mol. The minimum absolute atomic E-state index is 0.305. The first kappa shape index (κ1) is 14.4. The zero-order chi connectivity index (χ0) is 13.8. The van der Waals surface area contributed by atoms with Gasteiger partial charge in [0.25, 0.3) is 0 Å². The number of carbonyl (C=O) groups excluding carboxylic acids is 1. The fraction of sp³-hybridized carbons (Fsp3) is 0.417. The molecule has 1 fully saturated rings. The van der Waals surface area contributed by atoms with Gasteiger partial charge in [0.15, 0.2) is 0 Å². The lowest BCUT2D eigenvalue weighted by Gasteiger charge is -2.39. The normalized spacial score (nSPS) is 15.7. The van der Waals surface area contributed by atoms with Crippen molar-refractivity contribution in [2.45, 2.75) is 6.82 Å². The molecule has 19 heavy (non-hydrogen) atoms. The summed E-state index contributed by atoms with van der Waals surface area (Å²) < 4.78 is 5.97. The fourth-order valence-corrected chi connectivity index (χ4v) is 2.31. The third-order valence-corrected chi connectivity index (χ3v) is 3.77. The number of para-hydroxylation sites is 1. The fourth-order valence-electron chi connectivity index (χ4n) is 1.92. The van der Waals surface area contributed by atoms with Gasteiger partial charge in [-0.15, -0.1) is 0 Å². The molecule has 0 spiro atoms. The van der Waals surface area contributed by atoms with E-state index in [1.807, 2.05) is 23.0 Å². The number of amides is 1. The van der Waals surface area contributed by atoms with Crippen LogP contribution in [0, 0.1) is 5.92 Å². The van der Waals surface area contributed by atoms with Crippen LogP contribution in [-0.2, 0) is 4.74 Å². The molecular weight excluding hydrogens is 311 g/mol. The van der Waals surface area contributed by atoms with Gasteiger partial charge in [0.1, 0.15) is 0 Å². The lowest BCUT2D eigenvalue weighted by molar-refractivity contribution is 0.0825. The van der Waals surface area contributed by atoms with E-state index in [0.717, 1.165) is 17.6 Å². The Labute approximate surface area is 121 Å². The number of rotatable bonds is 4. The molecule has 1 aromatic carbocycles. The summed E-state index contributed by atoms with van der Waals surface area (Å²) in [4.78, 5) is 13.5. The molecule has 102 valence electrons. The first-order chi connectivity index (χ1) is 9.06. The predicted octanol–water partition coefficient (Wildman–Crippen LogP) is 2.04. The number of carbonyl (C=O) groups is 1. The minimum Gasteiger partial charge on any atom is -0.449 e. The number of nitrogens with zero attached hydrogens (tertiary/aromatic N) is 1. The maximum Gasteiger partial charge on any atom is 0.411 e. The Balaban J connectivity index is 1.70. The van der Waals surface area contributed by atoms with E-state index in [1.54, 1.807) is 12.9 Å². The molecule has 1 aromatic rings. The Morgan fingerprint density at radius 3 is 2.89 bits per heavy atom. The molecule has 2 N–H and O–H groups in total. The molecule has 0 radical (unpaired) electrons. The Morgan fingerprint density at radius 1 is 1.58 bits per heavy atom. The summed E-state index contributed by atoms with van der Waals surface area (Å²) >= 11 is 3.35. The standard InChI is InChI=1S/C12H16BBrN2O3/c1-13(18)16-6-9(7-16)8-19-12(17)15-11-5-3-2-4-10(11)14/h2-5,9,18H,6-8H2,1H3,(H,15,17). The van der Waals surface area contributed by atoms with Gasteiger partial charge in [-0.2, -0.15) is 0 Å². The Bertz CT molecular complexity index is 452. The van der Waals surface area contributed by atoms with Gasteiger partial charge in [-0.05, 0) is 48.0 Å². The quantitative estimate of drug-likeness (QED) is 0.831. The molecule has 2 rings (SSSR count). The number of hydrogen-bond acceptors (Lipinski definition) is 4. The average Bonchev–Trinajstić information content (AvgIpc) is 2.29. The number of ether oxygens (including phenoxy) is 1. The summed E-state index contributed by atoms with van der Waals surface area (Å²) in [5.74, 6) is 0.305. The number of benzene rings is 1. The van der Waals surface area contributed by atoms with Crippen molar-refractivity contribution in [3.8, 4) is 0 Å². The molecule has 0 atom stereocenters. The summed E-state index contributed by atoms with van der Waals surface area (Å²) in [7, 11) is -0.426. The summed E-state index contributed by atoms with van der Waals surface area (Å²) in [6.07, 6.45) is -0.456. The molecule has 0 unspecified atom stereocenters. The molecule has 7 heteroatoms. The van der Waals surface area contributed by atoms with Gasteiger partial charge >= 0.3 is 13.1 Å². The van der Waals surface area contributed by atoms with E-state index < -0.39 is 13.1 Å². The van der Waals surface area contributed by atoms with Crippen LogP contribution in [0.3, 0.4) is 0 Å². The zero-order valence-corrected chi connectivity index (χ0v) is 12.3. The summed E-state index contributed by atoms with van der Waals surface area (Å²) in [6, 6.07) is 7.36. The highest BCUT2D eigenvalue weighted by Gasteiger charge is 2.32. The second-order valence-electron chi connectivity index (χ2n) is 4.66. The van der Waals surface area contributed by atoms with Crippen LogP contribution >= 0.6 is 15.9 Å². The van der Waals surface area contributed by atoms with Crippen molar-refractivity contribution in [1.29, 1.82) is 0 Å². The Morgan fingerprint density at radius 2 is 2.26 bits per heavy atom. The van der Waals surface area contributed by atoms with E-state index in [-0.39, 0.29) is 0 Å². The Hall–Kier alpha value is -1.05. The van der Waals surface area contributed by atoms with Crippen molar-refractivity contribution in [1.82, 2.24) is 4.81 Å².